The number of hydrogen-bond acceptors (Lipinski definition) is 5. The molecule has 2 aliphatic heterocycles. The maximum Gasteiger partial charge on any atom is 0.216 e. The lowest BCUT2D eigenvalue weighted by Gasteiger charge is -2.35. The van der Waals surface area contributed by atoms with Gasteiger partial charge >= 0.3 is 0 Å². The molecule has 8 nitrogen and oxygen atoms in total. The summed E-state index contributed by atoms with van der Waals surface area (Å²) < 4.78 is 54.0. The highest BCUT2D eigenvalue weighted by molar-refractivity contribution is 7.90. The normalized spacial score (nSPS) is 29.1. The van der Waals surface area contributed by atoms with E-state index >= 15 is 0 Å². The van der Waals surface area contributed by atoms with Crippen LogP contribution in [-0.4, -0.2) is 66.4 Å². The van der Waals surface area contributed by atoms with Crippen LogP contribution in [-0.2, 0) is 27.1 Å². The summed E-state index contributed by atoms with van der Waals surface area (Å²) in [5.41, 5.74) is 0.896. The molecule has 0 bridgehead atoms. The summed E-state index contributed by atoms with van der Waals surface area (Å²) >= 11 is 0. The van der Waals surface area contributed by atoms with Crippen LogP contribution >= 0.6 is 0 Å². The quantitative estimate of drug-likeness (QED) is 0.754. The average Bonchev–Trinajstić information content (AvgIpc) is 3.06. The Balaban J connectivity index is 1.82. The van der Waals surface area contributed by atoms with E-state index in [4.69, 9.17) is 0 Å². The molecule has 0 amide bonds. The maximum absolute atomic E-state index is 13.0. The van der Waals surface area contributed by atoms with Gasteiger partial charge in [-0.15, -0.1) is 0 Å². The first kappa shape index (κ1) is 17.8. The first-order chi connectivity index (χ1) is 11.2. The van der Waals surface area contributed by atoms with Gasteiger partial charge in [0.25, 0.3) is 0 Å². The smallest absolute Gasteiger partial charge is 0.216 e. The molecular weight excluding hydrogens is 352 g/mol. The molecule has 0 aromatic carbocycles. The molecule has 3 rings (SSSR count). The van der Waals surface area contributed by atoms with E-state index in [-0.39, 0.29) is 17.5 Å². The van der Waals surface area contributed by atoms with Crippen molar-refractivity contribution in [1.29, 1.82) is 0 Å². The predicted molar refractivity (Wildman–Crippen MR) is 90.2 cm³/mol. The Kier molecular flexibility index (Phi) is 4.75. The first-order valence-corrected chi connectivity index (χ1v) is 11.4. The molecule has 2 fully saturated rings. The fourth-order valence-electron chi connectivity index (χ4n) is 3.55. The van der Waals surface area contributed by atoms with Gasteiger partial charge in [0.05, 0.1) is 23.7 Å². The zero-order valence-electron chi connectivity index (χ0n) is 14.0. The molecule has 136 valence electrons. The molecule has 2 unspecified atom stereocenters. The van der Waals surface area contributed by atoms with Crippen LogP contribution in [0, 0.1) is 0 Å². The van der Waals surface area contributed by atoms with Crippen LogP contribution in [0.4, 0.5) is 0 Å². The number of nitrogens with zero attached hydrogens (tertiary/aromatic N) is 4. The van der Waals surface area contributed by atoms with E-state index in [1.807, 2.05) is 13.2 Å². The third-order valence-corrected chi connectivity index (χ3v) is 8.87. The molecule has 2 saturated heterocycles. The fourth-order valence-corrected chi connectivity index (χ4v) is 7.22. The third-order valence-electron chi connectivity index (χ3n) is 4.99. The van der Waals surface area contributed by atoms with Crippen molar-refractivity contribution in [1.82, 2.24) is 18.4 Å². The minimum absolute atomic E-state index is 0.0235. The van der Waals surface area contributed by atoms with Gasteiger partial charge in [-0.3, -0.25) is 4.68 Å². The Labute approximate surface area is 143 Å². The van der Waals surface area contributed by atoms with Crippen molar-refractivity contribution in [3.8, 4) is 0 Å². The van der Waals surface area contributed by atoms with Crippen LogP contribution in [0.2, 0.25) is 0 Å². The Morgan fingerprint density at radius 3 is 2.58 bits per heavy atom. The number of piperidine rings is 1. The Morgan fingerprint density at radius 1 is 1.25 bits per heavy atom. The van der Waals surface area contributed by atoms with E-state index in [9.17, 15) is 16.8 Å². The Hall–Kier alpha value is -0.970. The van der Waals surface area contributed by atoms with E-state index in [1.165, 1.54) is 11.4 Å². The SMILES string of the molecule is CN1C(CS(=O)(=O)N2CCCCC2c2cnn(C)c2)CCS1(=O)=O. The topological polar surface area (TPSA) is 92.6 Å². The molecule has 0 saturated carbocycles. The van der Waals surface area contributed by atoms with Gasteiger partial charge < -0.3 is 0 Å². The van der Waals surface area contributed by atoms with E-state index in [2.05, 4.69) is 5.10 Å². The number of aryl methyl sites for hydroxylation is 1. The third kappa shape index (κ3) is 3.37. The van der Waals surface area contributed by atoms with Gasteiger partial charge in [-0.05, 0) is 19.3 Å². The predicted octanol–water partition coefficient (Wildman–Crippen LogP) is 0.311. The Bertz CT molecular complexity index is 802. The van der Waals surface area contributed by atoms with E-state index in [1.54, 1.807) is 15.2 Å². The summed E-state index contributed by atoms with van der Waals surface area (Å²) in [5.74, 6) is -0.130. The van der Waals surface area contributed by atoms with Gasteiger partial charge in [0.1, 0.15) is 0 Å². The summed E-state index contributed by atoms with van der Waals surface area (Å²) in [6, 6.07) is -0.683. The van der Waals surface area contributed by atoms with Crippen LogP contribution in [0.1, 0.15) is 37.3 Å². The molecule has 0 radical (unpaired) electrons. The van der Waals surface area contributed by atoms with Crippen molar-refractivity contribution >= 4 is 20.0 Å². The minimum atomic E-state index is -3.55. The van der Waals surface area contributed by atoms with E-state index in [0.29, 0.717) is 13.0 Å². The van der Waals surface area contributed by atoms with Crippen molar-refractivity contribution in [2.45, 2.75) is 37.8 Å². The van der Waals surface area contributed by atoms with Gasteiger partial charge in [-0.25, -0.2) is 21.1 Å². The largest absolute Gasteiger partial charge is 0.275 e. The van der Waals surface area contributed by atoms with E-state index in [0.717, 1.165) is 24.8 Å². The van der Waals surface area contributed by atoms with Gasteiger partial charge in [0.15, 0.2) is 0 Å². The second kappa shape index (κ2) is 6.40. The molecule has 0 spiro atoms. The van der Waals surface area contributed by atoms with Crippen molar-refractivity contribution < 1.29 is 16.8 Å². The van der Waals surface area contributed by atoms with Crippen LogP contribution in [0.5, 0.6) is 0 Å². The molecule has 3 heterocycles. The number of rotatable bonds is 4. The minimum Gasteiger partial charge on any atom is -0.275 e. The van der Waals surface area contributed by atoms with Gasteiger partial charge in [-0.2, -0.15) is 9.40 Å². The fraction of sp³-hybridized carbons (Fsp3) is 0.786. The molecule has 1 aromatic heterocycles. The molecule has 2 aliphatic rings. The van der Waals surface area contributed by atoms with Crippen molar-refractivity contribution in [2.24, 2.45) is 7.05 Å². The number of hydrogen-bond donors (Lipinski definition) is 0. The average molecular weight is 377 g/mol. The highest BCUT2D eigenvalue weighted by Crippen LogP contribution is 2.34. The molecule has 1 aromatic rings. The lowest BCUT2D eigenvalue weighted by molar-refractivity contribution is 0.253. The van der Waals surface area contributed by atoms with Crippen LogP contribution in [0.15, 0.2) is 12.4 Å². The van der Waals surface area contributed by atoms with Gasteiger partial charge in [0.2, 0.25) is 20.0 Å². The summed E-state index contributed by atoms with van der Waals surface area (Å²) in [6.07, 6.45) is 6.50. The lowest BCUT2D eigenvalue weighted by atomic mass is 10.0. The second-order valence-corrected chi connectivity index (χ2v) is 10.7. The van der Waals surface area contributed by atoms with Crippen molar-refractivity contribution in [3.63, 3.8) is 0 Å². The highest BCUT2D eigenvalue weighted by atomic mass is 32.2. The summed E-state index contributed by atoms with van der Waals surface area (Å²) in [5, 5.41) is 4.15. The first-order valence-electron chi connectivity index (χ1n) is 8.14. The van der Waals surface area contributed by atoms with E-state index < -0.39 is 26.1 Å². The number of sulfonamides is 2. The molecule has 0 N–H and O–H groups in total. The van der Waals surface area contributed by atoms with Gasteiger partial charge in [0, 0.05) is 38.4 Å². The molecule has 24 heavy (non-hydrogen) atoms. The van der Waals surface area contributed by atoms with Crippen LogP contribution in [0.3, 0.4) is 0 Å². The molecule has 10 heteroatoms. The van der Waals surface area contributed by atoms with Crippen LogP contribution < -0.4 is 0 Å². The zero-order chi connectivity index (χ0) is 17.5. The highest BCUT2D eigenvalue weighted by Gasteiger charge is 2.41. The molecular formula is C14H24N4O4S2. The summed E-state index contributed by atoms with van der Waals surface area (Å²) in [4.78, 5) is 0. The number of aromatic nitrogens is 2. The van der Waals surface area contributed by atoms with Crippen LogP contribution in [0.25, 0.3) is 0 Å². The lowest BCUT2D eigenvalue weighted by Crippen LogP contribution is -2.44. The summed E-state index contributed by atoms with van der Waals surface area (Å²) in [7, 11) is -3.57. The zero-order valence-corrected chi connectivity index (χ0v) is 15.6. The maximum atomic E-state index is 13.0. The van der Waals surface area contributed by atoms with Crippen molar-refractivity contribution in [3.05, 3.63) is 18.0 Å². The van der Waals surface area contributed by atoms with Gasteiger partial charge in [-0.1, -0.05) is 6.42 Å². The van der Waals surface area contributed by atoms with Crippen molar-refractivity contribution in [2.75, 3.05) is 25.1 Å². The molecule has 2 atom stereocenters. The standard InChI is InChI=1S/C14H24N4O4S2/c1-16-10-12(9-15-16)14-5-3-4-7-18(14)24(21,22)11-13-6-8-23(19,20)17(13)2/h9-10,13-14H,3-8,11H2,1-2H3. The Morgan fingerprint density at radius 2 is 2.00 bits per heavy atom. The summed E-state index contributed by atoms with van der Waals surface area (Å²) in [6.45, 7) is 0.477. The second-order valence-electron chi connectivity index (χ2n) is 6.62. The monoisotopic (exact) mass is 376 g/mol. The molecule has 0 aliphatic carbocycles.